The zero-order chi connectivity index (χ0) is 21.7. The number of nitrogens with zero attached hydrogens (tertiary/aromatic N) is 2. The minimum Gasteiger partial charge on any atom is -0.497 e. The Kier molecular flexibility index (Phi) is 6.78. The van der Waals surface area contributed by atoms with Crippen molar-refractivity contribution in [3.05, 3.63) is 58.9 Å². The van der Waals surface area contributed by atoms with Crippen molar-refractivity contribution >= 4 is 18.1 Å². The molecule has 0 aliphatic heterocycles. The zero-order valence-corrected chi connectivity index (χ0v) is 17.1. The molecule has 1 unspecified atom stereocenters. The molecule has 3 aromatic rings. The van der Waals surface area contributed by atoms with Crippen molar-refractivity contribution < 1.29 is 23.0 Å². The molecule has 2 aromatic carbocycles. The Balaban J connectivity index is 1.61. The molecule has 1 aromatic heterocycles. The van der Waals surface area contributed by atoms with Gasteiger partial charge < -0.3 is 14.8 Å². The number of amides is 1. The van der Waals surface area contributed by atoms with E-state index in [9.17, 15) is 13.6 Å². The Hall–Kier alpha value is -3.27. The van der Waals surface area contributed by atoms with Crippen LogP contribution in [-0.2, 0) is 11.3 Å². The summed E-state index contributed by atoms with van der Waals surface area (Å²) in [4.78, 5) is 12.5. The number of carbonyl (C=O) groups excluding carboxylic acids is 1. The summed E-state index contributed by atoms with van der Waals surface area (Å²) in [5.41, 5.74) is 0.763. The molecule has 1 heterocycles. The van der Waals surface area contributed by atoms with Crippen molar-refractivity contribution in [2.75, 3.05) is 13.7 Å². The van der Waals surface area contributed by atoms with Crippen molar-refractivity contribution in [3.8, 4) is 22.9 Å². The lowest BCUT2D eigenvalue weighted by atomic mass is 10.2. The number of aromatic nitrogens is 3. The van der Waals surface area contributed by atoms with Gasteiger partial charge in [0.05, 0.1) is 13.2 Å². The van der Waals surface area contributed by atoms with E-state index in [1.54, 1.807) is 30.7 Å². The molecule has 1 atom stereocenters. The van der Waals surface area contributed by atoms with E-state index in [0.29, 0.717) is 16.3 Å². The maximum atomic E-state index is 13.6. The minimum absolute atomic E-state index is 0.0103. The van der Waals surface area contributed by atoms with Crippen LogP contribution in [0.1, 0.15) is 6.92 Å². The van der Waals surface area contributed by atoms with E-state index in [1.165, 1.54) is 6.07 Å². The quantitative estimate of drug-likeness (QED) is 0.531. The van der Waals surface area contributed by atoms with E-state index in [-0.39, 0.29) is 24.8 Å². The summed E-state index contributed by atoms with van der Waals surface area (Å²) >= 11 is 5.24. The Morgan fingerprint density at radius 1 is 1.27 bits per heavy atom. The van der Waals surface area contributed by atoms with Crippen LogP contribution in [0.5, 0.6) is 11.5 Å². The van der Waals surface area contributed by atoms with Crippen LogP contribution < -0.4 is 14.8 Å². The van der Waals surface area contributed by atoms with Crippen LogP contribution in [0.15, 0.2) is 42.5 Å². The summed E-state index contributed by atoms with van der Waals surface area (Å²) in [6.45, 7) is 1.65. The van der Waals surface area contributed by atoms with Crippen LogP contribution in [-0.4, -0.2) is 40.4 Å². The summed E-state index contributed by atoms with van der Waals surface area (Å²) in [6, 6.07) is 9.80. The molecule has 10 heteroatoms. The molecule has 1 amide bonds. The highest BCUT2D eigenvalue weighted by molar-refractivity contribution is 7.71. The van der Waals surface area contributed by atoms with Crippen LogP contribution in [0.25, 0.3) is 11.4 Å². The van der Waals surface area contributed by atoms with Gasteiger partial charge in [-0.05, 0) is 55.5 Å². The third-order valence-corrected chi connectivity index (χ3v) is 4.51. The molecule has 0 radical (unpaired) electrons. The topological polar surface area (TPSA) is 81.2 Å². The molecule has 3 rings (SSSR count). The van der Waals surface area contributed by atoms with E-state index >= 15 is 0 Å². The van der Waals surface area contributed by atoms with Crippen LogP contribution in [0.4, 0.5) is 8.78 Å². The smallest absolute Gasteiger partial charge is 0.240 e. The molecule has 2 N–H and O–H groups in total. The monoisotopic (exact) mass is 434 g/mol. The first-order chi connectivity index (χ1) is 14.4. The molecule has 158 valence electrons. The number of aromatic amines is 1. The molecule has 0 saturated heterocycles. The van der Waals surface area contributed by atoms with Crippen molar-refractivity contribution in [1.29, 1.82) is 0 Å². The normalized spacial score (nSPS) is 11.7. The van der Waals surface area contributed by atoms with Gasteiger partial charge in [0.25, 0.3) is 0 Å². The first-order valence-corrected chi connectivity index (χ1v) is 9.45. The zero-order valence-electron chi connectivity index (χ0n) is 16.3. The molecule has 0 aliphatic carbocycles. The fraction of sp³-hybridized carbons (Fsp3) is 0.250. The van der Waals surface area contributed by atoms with Crippen LogP contribution >= 0.6 is 12.2 Å². The highest BCUT2D eigenvalue weighted by Crippen LogP contribution is 2.21. The average molecular weight is 434 g/mol. The predicted molar refractivity (Wildman–Crippen MR) is 109 cm³/mol. The Bertz CT molecular complexity index is 1080. The first-order valence-electron chi connectivity index (χ1n) is 9.04. The maximum Gasteiger partial charge on any atom is 0.240 e. The number of hydrogen-bond acceptors (Lipinski definition) is 5. The molecule has 0 bridgehead atoms. The summed E-state index contributed by atoms with van der Waals surface area (Å²) in [6.07, 6.45) is 0. The number of halogens is 2. The lowest BCUT2D eigenvalue weighted by Crippen LogP contribution is -2.38. The number of carbonyl (C=O) groups is 1. The second kappa shape index (κ2) is 9.49. The standard InChI is InChI=1S/C20H20F2N4O3S/c1-12(11-29-17-8-5-14(21)9-16(17)22)23-18(27)10-26-19(24-25-20(26)30)13-3-6-15(28-2)7-4-13/h3-9,12H,10-11H2,1-2H3,(H,23,27)(H,25,30). The van der Waals surface area contributed by atoms with Crippen molar-refractivity contribution in [2.24, 2.45) is 0 Å². The SMILES string of the molecule is COc1ccc(-c2n[nH]c(=S)n2CC(=O)NC(C)COc2ccc(F)cc2F)cc1. The van der Waals surface area contributed by atoms with E-state index < -0.39 is 17.7 Å². The number of methoxy groups -OCH3 is 1. The van der Waals surface area contributed by atoms with Gasteiger partial charge in [-0.3, -0.25) is 14.5 Å². The van der Waals surface area contributed by atoms with Gasteiger partial charge in [0, 0.05) is 11.6 Å². The van der Waals surface area contributed by atoms with Gasteiger partial charge in [-0.1, -0.05) is 0 Å². The van der Waals surface area contributed by atoms with E-state index in [4.69, 9.17) is 21.7 Å². The number of hydrogen-bond donors (Lipinski definition) is 2. The van der Waals surface area contributed by atoms with Crippen molar-refractivity contribution in [2.45, 2.75) is 19.5 Å². The van der Waals surface area contributed by atoms with Crippen LogP contribution in [0.2, 0.25) is 0 Å². The highest BCUT2D eigenvalue weighted by atomic mass is 32.1. The summed E-state index contributed by atoms with van der Waals surface area (Å²) in [5, 5.41) is 9.64. The van der Waals surface area contributed by atoms with Crippen molar-refractivity contribution in [1.82, 2.24) is 20.1 Å². The molecular weight excluding hydrogens is 414 g/mol. The largest absolute Gasteiger partial charge is 0.497 e. The van der Waals surface area contributed by atoms with Crippen LogP contribution in [0.3, 0.4) is 0 Å². The van der Waals surface area contributed by atoms with Gasteiger partial charge in [0.2, 0.25) is 5.91 Å². The Morgan fingerprint density at radius 2 is 2.00 bits per heavy atom. The molecular formula is C20H20F2N4O3S. The predicted octanol–water partition coefficient (Wildman–Crippen LogP) is 3.48. The number of rotatable bonds is 8. The third-order valence-electron chi connectivity index (χ3n) is 4.20. The average Bonchev–Trinajstić information content (AvgIpc) is 3.07. The second-order valence-corrected chi connectivity index (χ2v) is 6.91. The fourth-order valence-electron chi connectivity index (χ4n) is 2.74. The van der Waals surface area contributed by atoms with E-state index in [2.05, 4.69) is 15.5 Å². The second-order valence-electron chi connectivity index (χ2n) is 6.52. The summed E-state index contributed by atoms with van der Waals surface area (Å²) in [5.74, 6) is -0.693. The van der Waals surface area contributed by atoms with Gasteiger partial charge in [-0.25, -0.2) is 8.78 Å². The summed E-state index contributed by atoms with van der Waals surface area (Å²) in [7, 11) is 1.57. The molecule has 7 nitrogen and oxygen atoms in total. The molecule has 0 fully saturated rings. The number of benzene rings is 2. The molecule has 0 spiro atoms. The highest BCUT2D eigenvalue weighted by Gasteiger charge is 2.15. The van der Waals surface area contributed by atoms with Gasteiger partial charge in [-0.2, -0.15) is 5.10 Å². The minimum atomic E-state index is -0.803. The number of nitrogens with one attached hydrogen (secondary N) is 2. The maximum absolute atomic E-state index is 13.6. The van der Waals surface area contributed by atoms with Gasteiger partial charge in [0.1, 0.15) is 24.7 Å². The van der Waals surface area contributed by atoms with Gasteiger partial charge >= 0.3 is 0 Å². The molecule has 0 aliphatic rings. The van der Waals surface area contributed by atoms with Crippen LogP contribution in [0, 0.1) is 16.4 Å². The summed E-state index contributed by atoms with van der Waals surface area (Å²) < 4.78 is 38.9. The lowest BCUT2D eigenvalue weighted by Gasteiger charge is -2.16. The van der Waals surface area contributed by atoms with E-state index in [0.717, 1.165) is 17.7 Å². The number of H-pyrrole nitrogens is 1. The Labute approximate surface area is 176 Å². The first kappa shape index (κ1) is 21.4. The fourth-order valence-corrected chi connectivity index (χ4v) is 2.93. The molecule has 0 saturated carbocycles. The molecule has 30 heavy (non-hydrogen) atoms. The van der Waals surface area contributed by atoms with Gasteiger partial charge in [-0.15, -0.1) is 0 Å². The van der Waals surface area contributed by atoms with E-state index in [1.807, 2.05) is 12.1 Å². The van der Waals surface area contributed by atoms with Crippen molar-refractivity contribution in [3.63, 3.8) is 0 Å². The third kappa shape index (κ3) is 5.20. The lowest BCUT2D eigenvalue weighted by molar-refractivity contribution is -0.122. The van der Waals surface area contributed by atoms with Gasteiger partial charge in [0.15, 0.2) is 22.2 Å². The number of ether oxygens (including phenoxy) is 2. The Morgan fingerprint density at radius 3 is 2.67 bits per heavy atom.